The molecule has 92 valence electrons. The van der Waals surface area contributed by atoms with Gasteiger partial charge in [0.15, 0.2) is 5.69 Å². The zero-order chi connectivity index (χ0) is 12.5. The molecule has 0 atom stereocenters. The Kier molecular flexibility index (Phi) is 2.63. The fourth-order valence-electron chi connectivity index (χ4n) is 1.99. The molecule has 1 aliphatic rings. The number of hydrogen-bond donors (Lipinski definition) is 0. The highest BCUT2D eigenvalue weighted by atomic mass is 16.5. The van der Waals surface area contributed by atoms with Crippen molar-refractivity contribution in [2.45, 2.75) is 18.8 Å². The first-order valence-corrected chi connectivity index (χ1v) is 6.03. The van der Waals surface area contributed by atoms with Gasteiger partial charge < -0.3 is 4.74 Å². The number of carbonyl (C=O) groups is 1. The Balaban J connectivity index is 2.08. The van der Waals surface area contributed by atoms with Crippen LogP contribution in [0, 0.1) is 0 Å². The van der Waals surface area contributed by atoms with Crippen molar-refractivity contribution in [3.05, 3.63) is 47.8 Å². The minimum atomic E-state index is -0.349. The van der Waals surface area contributed by atoms with Crippen LogP contribution in [0.1, 0.15) is 34.9 Å². The summed E-state index contributed by atoms with van der Waals surface area (Å²) in [6.07, 6.45) is 2.32. The number of para-hydroxylation sites is 1. The third-order valence-corrected chi connectivity index (χ3v) is 3.12. The molecule has 2 aromatic rings. The lowest BCUT2D eigenvalue weighted by Gasteiger charge is -2.05. The third-order valence-electron chi connectivity index (χ3n) is 3.12. The molecule has 0 N–H and O–H groups in total. The highest BCUT2D eigenvalue weighted by molar-refractivity contribution is 5.88. The lowest BCUT2D eigenvalue weighted by Crippen LogP contribution is -2.10. The van der Waals surface area contributed by atoms with Crippen LogP contribution in [-0.4, -0.2) is 22.9 Å². The van der Waals surface area contributed by atoms with E-state index in [9.17, 15) is 4.79 Å². The molecule has 1 fully saturated rings. The second-order valence-electron chi connectivity index (χ2n) is 4.47. The standard InChI is InChI=1S/C14H14N2O2/c1-18-14(17)13-9-12(10-7-8-10)15-16(13)11-5-3-2-4-6-11/h2-6,9-10H,7-8H2,1H3. The second-order valence-corrected chi connectivity index (χ2v) is 4.47. The van der Waals surface area contributed by atoms with Gasteiger partial charge in [-0.25, -0.2) is 9.48 Å². The van der Waals surface area contributed by atoms with Crippen LogP contribution in [0.15, 0.2) is 36.4 Å². The highest BCUT2D eigenvalue weighted by Crippen LogP contribution is 2.39. The normalized spacial score (nSPS) is 14.5. The molecule has 1 aromatic carbocycles. The molecular formula is C14H14N2O2. The lowest BCUT2D eigenvalue weighted by atomic mass is 10.2. The molecule has 0 saturated heterocycles. The van der Waals surface area contributed by atoms with Gasteiger partial charge in [-0.1, -0.05) is 18.2 Å². The number of nitrogens with zero attached hydrogens (tertiary/aromatic N) is 2. The van der Waals surface area contributed by atoms with Crippen LogP contribution in [0.3, 0.4) is 0 Å². The van der Waals surface area contributed by atoms with Crippen LogP contribution in [0.4, 0.5) is 0 Å². The van der Waals surface area contributed by atoms with E-state index in [2.05, 4.69) is 5.10 Å². The summed E-state index contributed by atoms with van der Waals surface area (Å²) in [5.41, 5.74) is 2.36. The van der Waals surface area contributed by atoms with Crippen LogP contribution in [0.25, 0.3) is 5.69 Å². The fourth-order valence-corrected chi connectivity index (χ4v) is 1.99. The Bertz CT molecular complexity index is 571. The topological polar surface area (TPSA) is 44.1 Å². The number of carbonyl (C=O) groups excluding carboxylic acids is 1. The van der Waals surface area contributed by atoms with Crippen molar-refractivity contribution in [1.82, 2.24) is 9.78 Å². The molecule has 3 rings (SSSR count). The van der Waals surface area contributed by atoms with Crippen LogP contribution in [0.5, 0.6) is 0 Å². The highest BCUT2D eigenvalue weighted by Gasteiger charge is 2.29. The maximum Gasteiger partial charge on any atom is 0.356 e. The van der Waals surface area contributed by atoms with Crippen LogP contribution >= 0.6 is 0 Å². The molecule has 0 unspecified atom stereocenters. The lowest BCUT2D eigenvalue weighted by molar-refractivity contribution is 0.0590. The van der Waals surface area contributed by atoms with E-state index in [1.165, 1.54) is 7.11 Å². The van der Waals surface area contributed by atoms with E-state index in [4.69, 9.17) is 4.74 Å². The molecule has 0 radical (unpaired) electrons. The maximum atomic E-state index is 11.8. The average Bonchev–Trinajstić information content (AvgIpc) is 3.18. The summed E-state index contributed by atoms with van der Waals surface area (Å²) in [4.78, 5) is 11.8. The van der Waals surface area contributed by atoms with Gasteiger partial charge in [-0.15, -0.1) is 0 Å². The van der Waals surface area contributed by atoms with E-state index in [-0.39, 0.29) is 5.97 Å². The Morgan fingerprint density at radius 1 is 1.33 bits per heavy atom. The first-order chi connectivity index (χ1) is 8.79. The molecule has 1 saturated carbocycles. The molecule has 0 spiro atoms. The van der Waals surface area contributed by atoms with E-state index in [1.807, 2.05) is 36.4 Å². The smallest absolute Gasteiger partial charge is 0.356 e. The van der Waals surface area contributed by atoms with Crippen LogP contribution in [0.2, 0.25) is 0 Å². The van der Waals surface area contributed by atoms with Gasteiger partial charge in [-0.3, -0.25) is 0 Å². The van der Waals surface area contributed by atoms with Gasteiger partial charge in [0.1, 0.15) is 0 Å². The zero-order valence-electron chi connectivity index (χ0n) is 10.2. The largest absolute Gasteiger partial charge is 0.464 e. The van der Waals surface area contributed by atoms with Crippen LogP contribution < -0.4 is 0 Å². The molecule has 0 aliphatic heterocycles. The quantitative estimate of drug-likeness (QED) is 0.777. The Morgan fingerprint density at radius 2 is 2.06 bits per heavy atom. The Hall–Kier alpha value is -2.10. The van der Waals surface area contributed by atoms with E-state index < -0.39 is 0 Å². The van der Waals surface area contributed by atoms with Crippen molar-refractivity contribution < 1.29 is 9.53 Å². The van der Waals surface area contributed by atoms with Crippen molar-refractivity contribution in [3.8, 4) is 5.69 Å². The SMILES string of the molecule is COC(=O)c1cc(C2CC2)nn1-c1ccccc1. The summed E-state index contributed by atoms with van der Waals surface area (Å²) in [5, 5.41) is 4.53. The summed E-state index contributed by atoms with van der Waals surface area (Å²) in [7, 11) is 1.39. The molecule has 18 heavy (non-hydrogen) atoms. The van der Waals surface area contributed by atoms with E-state index in [0.717, 1.165) is 24.2 Å². The second kappa shape index (κ2) is 4.29. The molecule has 0 bridgehead atoms. The first-order valence-electron chi connectivity index (χ1n) is 6.03. The minimum absolute atomic E-state index is 0.349. The fraction of sp³-hybridized carbons (Fsp3) is 0.286. The molecule has 4 heteroatoms. The number of rotatable bonds is 3. The molecule has 0 amide bonds. The Morgan fingerprint density at radius 3 is 2.67 bits per heavy atom. The van der Waals surface area contributed by atoms with Gasteiger partial charge in [0.2, 0.25) is 0 Å². The number of ether oxygens (including phenoxy) is 1. The van der Waals surface area contributed by atoms with Gasteiger partial charge in [0.25, 0.3) is 0 Å². The number of hydrogen-bond acceptors (Lipinski definition) is 3. The van der Waals surface area contributed by atoms with Gasteiger partial charge in [0.05, 0.1) is 18.5 Å². The Labute approximate surface area is 105 Å². The summed E-state index contributed by atoms with van der Waals surface area (Å²) >= 11 is 0. The minimum Gasteiger partial charge on any atom is -0.464 e. The number of esters is 1. The van der Waals surface area contributed by atoms with Gasteiger partial charge in [-0.05, 0) is 31.0 Å². The van der Waals surface area contributed by atoms with E-state index in [0.29, 0.717) is 11.6 Å². The average molecular weight is 242 g/mol. The molecule has 1 aliphatic carbocycles. The summed E-state index contributed by atoms with van der Waals surface area (Å²) in [6.45, 7) is 0. The maximum absolute atomic E-state index is 11.8. The van der Waals surface area contributed by atoms with Gasteiger partial charge >= 0.3 is 5.97 Å². The first kappa shape index (κ1) is 11.0. The summed E-state index contributed by atoms with van der Waals surface area (Å²) in [6, 6.07) is 11.5. The predicted octanol–water partition coefficient (Wildman–Crippen LogP) is 2.54. The third kappa shape index (κ3) is 1.90. The van der Waals surface area contributed by atoms with Crippen molar-refractivity contribution in [1.29, 1.82) is 0 Å². The van der Waals surface area contributed by atoms with Gasteiger partial charge in [-0.2, -0.15) is 5.10 Å². The van der Waals surface area contributed by atoms with Crippen LogP contribution in [-0.2, 0) is 4.74 Å². The zero-order valence-corrected chi connectivity index (χ0v) is 10.2. The van der Waals surface area contributed by atoms with E-state index in [1.54, 1.807) is 4.68 Å². The molecule has 1 heterocycles. The van der Waals surface area contributed by atoms with Crippen molar-refractivity contribution in [2.75, 3.05) is 7.11 Å². The summed E-state index contributed by atoms with van der Waals surface area (Å²) in [5.74, 6) is 0.164. The molecule has 4 nitrogen and oxygen atoms in total. The molecular weight excluding hydrogens is 228 g/mol. The molecule has 1 aromatic heterocycles. The number of methoxy groups -OCH3 is 1. The monoisotopic (exact) mass is 242 g/mol. The van der Waals surface area contributed by atoms with Gasteiger partial charge in [0, 0.05) is 5.92 Å². The number of aromatic nitrogens is 2. The van der Waals surface area contributed by atoms with Crippen molar-refractivity contribution >= 4 is 5.97 Å². The predicted molar refractivity (Wildman–Crippen MR) is 66.9 cm³/mol. The number of benzene rings is 1. The van der Waals surface area contributed by atoms with Crippen molar-refractivity contribution in [3.63, 3.8) is 0 Å². The van der Waals surface area contributed by atoms with E-state index >= 15 is 0 Å². The summed E-state index contributed by atoms with van der Waals surface area (Å²) < 4.78 is 6.48. The van der Waals surface area contributed by atoms with Crippen molar-refractivity contribution in [2.24, 2.45) is 0 Å².